The van der Waals surface area contributed by atoms with Gasteiger partial charge in [0.25, 0.3) is 0 Å². The number of anilines is 2. The molecule has 29 heavy (non-hydrogen) atoms. The van der Waals surface area contributed by atoms with Crippen LogP contribution in [0.2, 0.25) is 0 Å². The van der Waals surface area contributed by atoms with E-state index in [1.807, 2.05) is 60.4 Å². The predicted molar refractivity (Wildman–Crippen MR) is 111 cm³/mol. The number of amides is 2. The molecule has 0 aliphatic carbocycles. The third kappa shape index (κ3) is 2.32. The van der Waals surface area contributed by atoms with Gasteiger partial charge in [-0.15, -0.1) is 0 Å². The fraction of sp³-hybridized carbons (Fsp3) is 0.261. The van der Waals surface area contributed by atoms with Crippen LogP contribution in [0, 0.1) is 6.92 Å². The zero-order valence-corrected chi connectivity index (χ0v) is 16.5. The Balaban J connectivity index is 1.77. The number of fused-ring (bicyclic) bond motifs is 4. The van der Waals surface area contributed by atoms with Gasteiger partial charge < -0.3 is 10.2 Å². The van der Waals surface area contributed by atoms with Crippen LogP contribution in [0.25, 0.3) is 5.69 Å². The lowest BCUT2D eigenvalue weighted by molar-refractivity contribution is -0.126. The molecule has 1 atom stereocenters. The first-order chi connectivity index (χ1) is 14.1. The molecule has 0 unspecified atom stereocenters. The lowest BCUT2D eigenvalue weighted by atomic mass is 9.72. The van der Waals surface area contributed by atoms with E-state index >= 15 is 0 Å². The van der Waals surface area contributed by atoms with Crippen LogP contribution in [0.15, 0.2) is 54.7 Å². The monoisotopic (exact) mass is 386 g/mol. The van der Waals surface area contributed by atoms with Crippen LogP contribution in [0.3, 0.4) is 0 Å². The Labute approximate surface area is 169 Å². The quantitative estimate of drug-likeness (QED) is 0.748. The van der Waals surface area contributed by atoms with Gasteiger partial charge in [-0.25, -0.2) is 4.68 Å². The number of aromatic nitrogens is 2. The third-order valence-electron chi connectivity index (χ3n) is 5.97. The highest BCUT2D eigenvalue weighted by atomic mass is 16.2. The highest BCUT2D eigenvalue weighted by Crippen LogP contribution is 2.52. The van der Waals surface area contributed by atoms with Crippen LogP contribution < -0.4 is 10.2 Å². The molecule has 0 saturated heterocycles. The molecule has 6 heteroatoms. The van der Waals surface area contributed by atoms with Gasteiger partial charge >= 0.3 is 0 Å². The van der Waals surface area contributed by atoms with Gasteiger partial charge in [0, 0.05) is 24.2 Å². The number of nitrogens with one attached hydrogen (secondary N) is 1. The van der Waals surface area contributed by atoms with Crippen molar-refractivity contribution in [3.05, 3.63) is 71.4 Å². The standard InChI is InChI=1S/C23H22N4O2/c1-3-12-26-19-11-7-5-9-16(19)23(22(26)29)13-20(28)25-21-17(23)14-24-27(21)18-10-6-4-8-15(18)2/h4-11,14H,3,12-13H2,1-2H3,(H,25,28)/t23-/m1/s1. The number of nitrogens with zero attached hydrogens (tertiary/aromatic N) is 3. The summed E-state index contributed by atoms with van der Waals surface area (Å²) < 4.78 is 1.74. The molecule has 0 bridgehead atoms. The van der Waals surface area contributed by atoms with Gasteiger partial charge in [0.15, 0.2) is 0 Å². The molecule has 0 radical (unpaired) electrons. The summed E-state index contributed by atoms with van der Waals surface area (Å²) in [5.41, 5.74) is 3.44. The number of aryl methyl sites for hydroxylation is 1. The fourth-order valence-corrected chi connectivity index (χ4v) is 4.68. The van der Waals surface area contributed by atoms with E-state index in [4.69, 9.17) is 0 Å². The van der Waals surface area contributed by atoms with Gasteiger partial charge in [0.05, 0.1) is 11.9 Å². The minimum atomic E-state index is -1.02. The first-order valence-corrected chi connectivity index (χ1v) is 9.93. The van der Waals surface area contributed by atoms with Crippen LogP contribution in [0.5, 0.6) is 0 Å². The van der Waals surface area contributed by atoms with Gasteiger partial charge in [-0.05, 0) is 36.6 Å². The third-order valence-corrected chi connectivity index (χ3v) is 5.97. The van der Waals surface area contributed by atoms with Crippen LogP contribution >= 0.6 is 0 Å². The Bertz CT molecular complexity index is 1150. The molecule has 3 aromatic rings. The zero-order chi connectivity index (χ0) is 20.2. The number of hydrogen-bond donors (Lipinski definition) is 1. The van der Waals surface area contributed by atoms with Gasteiger partial charge in [0.2, 0.25) is 11.8 Å². The van der Waals surface area contributed by atoms with E-state index in [0.29, 0.717) is 12.4 Å². The average molecular weight is 386 g/mol. The molecule has 2 aliphatic rings. The summed E-state index contributed by atoms with van der Waals surface area (Å²) in [7, 11) is 0. The summed E-state index contributed by atoms with van der Waals surface area (Å²) in [4.78, 5) is 28.4. The largest absolute Gasteiger partial charge is 0.311 e. The molecule has 0 saturated carbocycles. The SMILES string of the molecule is CCCN1C(=O)[C@]2(CC(=O)Nc3c2cnn3-c2ccccc2C)c2ccccc21. The number of hydrogen-bond acceptors (Lipinski definition) is 3. The second-order valence-electron chi connectivity index (χ2n) is 7.71. The van der Waals surface area contributed by atoms with Crippen LogP contribution in [-0.4, -0.2) is 28.1 Å². The van der Waals surface area contributed by atoms with Crippen molar-refractivity contribution < 1.29 is 9.59 Å². The summed E-state index contributed by atoms with van der Waals surface area (Å²) in [5, 5.41) is 7.57. The second kappa shape index (κ2) is 6.30. The molecule has 2 amide bonds. The molecular weight excluding hydrogens is 364 g/mol. The molecule has 6 nitrogen and oxygen atoms in total. The number of para-hydroxylation sites is 2. The van der Waals surface area contributed by atoms with E-state index in [1.165, 1.54) is 0 Å². The lowest BCUT2D eigenvalue weighted by Crippen LogP contribution is -2.46. The number of carbonyl (C=O) groups is 2. The molecule has 2 aromatic carbocycles. The van der Waals surface area contributed by atoms with Gasteiger partial charge in [-0.3, -0.25) is 9.59 Å². The summed E-state index contributed by atoms with van der Waals surface area (Å²) in [6, 6.07) is 15.7. The Kier molecular flexibility index (Phi) is 3.84. The van der Waals surface area contributed by atoms with E-state index < -0.39 is 5.41 Å². The van der Waals surface area contributed by atoms with E-state index in [-0.39, 0.29) is 18.2 Å². The Morgan fingerprint density at radius 1 is 1.03 bits per heavy atom. The molecule has 0 fully saturated rings. The minimum absolute atomic E-state index is 0.0408. The fourth-order valence-electron chi connectivity index (χ4n) is 4.68. The summed E-state index contributed by atoms with van der Waals surface area (Å²) in [5.74, 6) is 0.368. The molecule has 1 spiro atoms. The van der Waals surface area contributed by atoms with Crippen LogP contribution in [-0.2, 0) is 15.0 Å². The molecule has 5 rings (SSSR count). The van der Waals surface area contributed by atoms with Crippen molar-refractivity contribution in [2.24, 2.45) is 0 Å². The average Bonchev–Trinajstić information content (AvgIpc) is 3.23. The van der Waals surface area contributed by atoms with Crippen molar-refractivity contribution in [3.63, 3.8) is 0 Å². The molecule has 1 N–H and O–H groups in total. The molecule has 146 valence electrons. The van der Waals surface area contributed by atoms with E-state index in [0.717, 1.165) is 34.5 Å². The summed E-state index contributed by atoms with van der Waals surface area (Å²) in [6.07, 6.45) is 2.68. The van der Waals surface area contributed by atoms with E-state index in [2.05, 4.69) is 17.3 Å². The maximum atomic E-state index is 13.8. The predicted octanol–water partition coefficient (Wildman–Crippen LogP) is 3.57. The first-order valence-electron chi connectivity index (χ1n) is 9.93. The van der Waals surface area contributed by atoms with Crippen molar-refractivity contribution in [3.8, 4) is 5.69 Å². The Morgan fingerprint density at radius 2 is 1.76 bits per heavy atom. The normalized spacial score (nSPS) is 20.0. The second-order valence-corrected chi connectivity index (χ2v) is 7.71. The first kappa shape index (κ1) is 17.7. The van der Waals surface area contributed by atoms with Crippen LogP contribution in [0.4, 0.5) is 11.5 Å². The van der Waals surface area contributed by atoms with E-state index in [9.17, 15) is 9.59 Å². The Morgan fingerprint density at radius 3 is 2.52 bits per heavy atom. The molecule has 2 aliphatic heterocycles. The maximum absolute atomic E-state index is 13.8. The minimum Gasteiger partial charge on any atom is -0.311 e. The van der Waals surface area contributed by atoms with Gasteiger partial charge in [-0.1, -0.05) is 43.3 Å². The van der Waals surface area contributed by atoms with E-state index in [1.54, 1.807) is 10.9 Å². The lowest BCUT2D eigenvalue weighted by Gasteiger charge is -2.32. The smallest absolute Gasteiger partial charge is 0.242 e. The summed E-state index contributed by atoms with van der Waals surface area (Å²) in [6.45, 7) is 4.68. The molecule has 1 aromatic heterocycles. The zero-order valence-electron chi connectivity index (χ0n) is 16.5. The topological polar surface area (TPSA) is 67.2 Å². The van der Waals surface area contributed by atoms with Crippen LogP contribution in [0.1, 0.15) is 36.5 Å². The van der Waals surface area contributed by atoms with Gasteiger partial charge in [0.1, 0.15) is 11.2 Å². The number of rotatable bonds is 3. The molecular formula is C23H22N4O2. The number of benzene rings is 2. The molecule has 3 heterocycles. The Hall–Kier alpha value is -3.41. The highest BCUT2D eigenvalue weighted by Gasteiger charge is 2.56. The highest BCUT2D eigenvalue weighted by molar-refractivity contribution is 6.15. The van der Waals surface area contributed by atoms with Crippen molar-refractivity contribution in [2.75, 3.05) is 16.8 Å². The van der Waals surface area contributed by atoms with Gasteiger partial charge in [-0.2, -0.15) is 5.10 Å². The van der Waals surface area contributed by atoms with Crippen molar-refractivity contribution in [1.29, 1.82) is 0 Å². The van der Waals surface area contributed by atoms with Crippen molar-refractivity contribution in [1.82, 2.24) is 9.78 Å². The summed E-state index contributed by atoms with van der Waals surface area (Å²) >= 11 is 0. The van der Waals surface area contributed by atoms with Crippen molar-refractivity contribution in [2.45, 2.75) is 32.1 Å². The maximum Gasteiger partial charge on any atom is 0.242 e. The number of carbonyl (C=O) groups excluding carboxylic acids is 2. The van der Waals surface area contributed by atoms with Crippen molar-refractivity contribution >= 4 is 23.3 Å².